The predicted molar refractivity (Wildman–Crippen MR) is 88.6 cm³/mol. The van der Waals surface area contributed by atoms with E-state index in [1.807, 2.05) is 53.4 Å². The van der Waals surface area contributed by atoms with E-state index in [2.05, 4.69) is 16.6 Å². The molecule has 4 heteroatoms. The molecule has 0 aliphatic rings. The number of nitrogen functional groups attached to an aromatic ring is 1. The Hall–Kier alpha value is -2.88. The molecule has 2 heterocycles. The van der Waals surface area contributed by atoms with Gasteiger partial charge in [-0.05, 0) is 40.8 Å². The summed E-state index contributed by atoms with van der Waals surface area (Å²) in [5.41, 5.74) is 7.50. The third-order valence-corrected chi connectivity index (χ3v) is 3.42. The van der Waals surface area contributed by atoms with Gasteiger partial charge in [0.05, 0.1) is 11.7 Å². The second kappa shape index (κ2) is 5.25. The number of anilines is 1. The largest absolute Gasteiger partial charge is 0.399 e. The molecule has 0 atom stereocenters. The fourth-order valence-electron chi connectivity index (χ4n) is 2.32. The summed E-state index contributed by atoms with van der Waals surface area (Å²) in [6.45, 7) is 4.02. The fourth-order valence-corrected chi connectivity index (χ4v) is 2.32. The molecule has 0 saturated carbocycles. The molecule has 3 aromatic rings. The van der Waals surface area contributed by atoms with E-state index in [0.29, 0.717) is 5.69 Å². The number of benzene rings is 1. The van der Waals surface area contributed by atoms with Gasteiger partial charge in [0, 0.05) is 30.5 Å². The van der Waals surface area contributed by atoms with E-state index in [9.17, 15) is 0 Å². The van der Waals surface area contributed by atoms with Crippen molar-refractivity contribution < 1.29 is 0 Å². The van der Waals surface area contributed by atoms with Gasteiger partial charge in [-0.25, -0.2) is 0 Å². The van der Waals surface area contributed by atoms with Crippen LogP contribution in [0.2, 0.25) is 0 Å². The molecule has 2 aromatic heterocycles. The van der Waals surface area contributed by atoms with E-state index in [1.165, 1.54) is 0 Å². The Bertz CT molecular complexity index is 935. The second-order valence-electron chi connectivity index (χ2n) is 4.80. The summed E-state index contributed by atoms with van der Waals surface area (Å²) in [7, 11) is 1.77. The number of pyridine rings is 1. The predicted octanol–water partition coefficient (Wildman–Crippen LogP) is 1.39. The number of fused-ring (bicyclic) bond motifs is 1. The van der Waals surface area contributed by atoms with Crippen LogP contribution in [0.25, 0.3) is 23.6 Å². The summed E-state index contributed by atoms with van der Waals surface area (Å²) >= 11 is 0. The number of nitrogens with two attached hydrogens (primary N) is 1. The van der Waals surface area contributed by atoms with Crippen molar-refractivity contribution in [2.45, 2.75) is 0 Å². The average molecular weight is 276 g/mol. The summed E-state index contributed by atoms with van der Waals surface area (Å²) in [6, 6.07) is 9.70. The SMILES string of the molecule is C=c1cc(N)cc/c1=C/C(=N\C)n1ccc2ccncc21. The van der Waals surface area contributed by atoms with E-state index in [0.717, 1.165) is 27.2 Å². The summed E-state index contributed by atoms with van der Waals surface area (Å²) in [5, 5.41) is 3.01. The van der Waals surface area contributed by atoms with Gasteiger partial charge in [-0.15, -0.1) is 0 Å². The normalized spacial score (nSPS) is 13.0. The molecule has 2 N–H and O–H groups in total. The van der Waals surface area contributed by atoms with Crippen molar-refractivity contribution in [2.75, 3.05) is 12.8 Å². The molecule has 0 spiro atoms. The van der Waals surface area contributed by atoms with Gasteiger partial charge in [0.1, 0.15) is 5.84 Å². The zero-order valence-corrected chi connectivity index (χ0v) is 11.8. The van der Waals surface area contributed by atoms with Crippen LogP contribution in [0.5, 0.6) is 0 Å². The monoisotopic (exact) mass is 276 g/mol. The van der Waals surface area contributed by atoms with Crippen molar-refractivity contribution in [3.05, 3.63) is 59.4 Å². The number of hydrogen-bond acceptors (Lipinski definition) is 3. The van der Waals surface area contributed by atoms with Gasteiger partial charge in [-0.2, -0.15) is 0 Å². The Kier molecular flexibility index (Phi) is 3.28. The number of aliphatic imine (C=N–C) groups is 1. The van der Waals surface area contributed by atoms with Crippen LogP contribution in [0.1, 0.15) is 0 Å². The van der Waals surface area contributed by atoms with Gasteiger partial charge in [0.25, 0.3) is 0 Å². The highest BCUT2D eigenvalue weighted by molar-refractivity contribution is 6.13. The highest BCUT2D eigenvalue weighted by Gasteiger charge is 2.04. The first-order chi connectivity index (χ1) is 10.2. The Morgan fingerprint density at radius 2 is 2.19 bits per heavy atom. The van der Waals surface area contributed by atoms with Crippen molar-refractivity contribution in [1.82, 2.24) is 9.55 Å². The Labute approximate surface area is 122 Å². The van der Waals surface area contributed by atoms with Crippen LogP contribution >= 0.6 is 0 Å². The van der Waals surface area contributed by atoms with Gasteiger partial charge in [0.15, 0.2) is 0 Å². The molecule has 104 valence electrons. The van der Waals surface area contributed by atoms with Gasteiger partial charge in [-0.1, -0.05) is 12.6 Å². The highest BCUT2D eigenvalue weighted by Crippen LogP contribution is 2.13. The lowest BCUT2D eigenvalue weighted by Crippen LogP contribution is -2.26. The maximum atomic E-state index is 5.76. The van der Waals surface area contributed by atoms with Gasteiger partial charge in [0.2, 0.25) is 0 Å². The minimum Gasteiger partial charge on any atom is -0.399 e. The van der Waals surface area contributed by atoms with Crippen LogP contribution in [0.3, 0.4) is 0 Å². The van der Waals surface area contributed by atoms with Crippen molar-refractivity contribution in [3.8, 4) is 0 Å². The first kappa shape index (κ1) is 13.1. The molecule has 0 radical (unpaired) electrons. The van der Waals surface area contributed by atoms with Crippen LogP contribution < -0.4 is 16.2 Å². The summed E-state index contributed by atoms with van der Waals surface area (Å²) in [6.07, 6.45) is 7.61. The third kappa shape index (κ3) is 2.43. The first-order valence-corrected chi connectivity index (χ1v) is 6.63. The Balaban J connectivity index is 2.18. The zero-order chi connectivity index (χ0) is 14.8. The lowest BCUT2D eigenvalue weighted by Gasteiger charge is -2.04. The maximum Gasteiger partial charge on any atom is 0.132 e. The second-order valence-corrected chi connectivity index (χ2v) is 4.80. The average Bonchev–Trinajstić information content (AvgIpc) is 2.91. The minimum absolute atomic E-state index is 0.711. The zero-order valence-electron chi connectivity index (χ0n) is 11.8. The van der Waals surface area contributed by atoms with E-state index in [-0.39, 0.29) is 0 Å². The first-order valence-electron chi connectivity index (χ1n) is 6.63. The van der Waals surface area contributed by atoms with E-state index < -0.39 is 0 Å². The third-order valence-electron chi connectivity index (χ3n) is 3.42. The molecular weight excluding hydrogens is 260 g/mol. The molecule has 0 aliphatic carbocycles. The molecule has 0 fully saturated rings. The van der Waals surface area contributed by atoms with E-state index >= 15 is 0 Å². The van der Waals surface area contributed by atoms with Crippen molar-refractivity contribution in [2.24, 2.45) is 4.99 Å². The highest BCUT2D eigenvalue weighted by atomic mass is 15.0. The Morgan fingerprint density at radius 3 is 2.95 bits per heavy atom. The molecule has 3 rings (SSSR count). The van der Waals surface area contributed by atoms with E-state index in [1.54, 1.807) is 13.2 Å². The standard InChI is InChI=1S/C17H16N4/c1-12-9-15(18)4-3-14(12)10-17(19-2)21-8-6-13-5-7-20-11-16(13)21/h3-11H,1,18H2,2H3/b14-10-,19-17+. The van der Waals surface area contributed by atoms with Crippen molar-refractivity contribution in [1.29, 1.82) is 0 Å². The fraction of sp³-hybridized carbons (Fsp3) is 0.0588. The van der Waals surface area contributed by atoms with Crippen LogP contribution in [-0.2, 0) is 0 Å². The molecule has 0 aliphatic heterocycles. The lowest BCUT2D eigenvalue weighted by molar-refractivity contribution is 1.19. The number of nitrogens with zero attached hydrogens (tertiary/aromatic N) is 3. The van der Waals surface area contributed by atoms with Crippen LogP contribution in [0.15, 0.2) is 53.9 Å². The molecule has 21 heavy (non-hydrogen) atoms. The molecule has 0 amide bonds. The molecule has 4 nitrogen and oxygen atoms in total. The van der Waals surface area contributed by atoms with Crippen LogP contribution in [0.4, 0.5) is 5.69 Å². The van der Waals surface area contributed by atoms with Crippen molar-refractivity contribution >= 4 is 35.1 Å². The Morgan fingerprint density at radius 1 is 1.33 bits per heavy atom. The summed E-state index contributed by atoms with van der Waals surface area (Å²) < 4.78 is 2.01. The quantitative estimate of drug-likeness (QED) is 0.415. The van der Waals surface area contributed by atoms with Gasteiger partial charge in [-0.3, -0.25) is 14.5 Å². The van der Waals surface area contributed by atoms with E-state index in [4.69, 9.17) is 5.73 Å². The van der Waals surface area contributed by atoms with Crippen LogP contribution in [-0.4, -0.2) is 22.4 Å². The number of hydrogen-bond donors (Lipinski definition) is 1. The maximum absolute atomic E-state index is 5.76. The minimum atomic E-state index is 0.711. The number of rotatable bonds is 1. The molecule has 0 saturated heterocycles. The molecule has 0 bridgehead atoms. The molecule has 1 aromatic carbocycles. The van der Waals surface area contributed by atoms with Crippen LogP contribution in [0, 0.1) is 0 Å². The topological polar surface area (TPSA) is 56.2 Å². The lowest BCUT2D eigenvalue weighted by atomic mass is 10.2. The summed E-state index contributed by atoms with van der Waals surface area (Å²) in [5.74, 6) is 0.827. The molecular formula is C17H16N4. The van der Waals surface area contributed by atoms with Crippen molar-refractivity contribution in [3.63, 3.8) is 0 Å². The smallest absolute Gasteiger partial charge is 0.132 e. The number of aromatic nitrogens is 2. The summed E-state index contributed by atoms with van der Waals surface area (Å²) in [4.78, 5) is 8.56. The van der Waals surface area contributed by atoms with Gasteiger partial charge < -0.3 is 5.73 Å². The van der Waals surface area contributed by atoms with Gasteiger partial charge >= 0.3 is 0 Å². The molecule has 0 unspecified atom stereocenters.